The van der Waals surface area contributed by atoms with Gasteiger partial charge < -0.3 is 10.2 Å². The summed E-state index contributed by atoms with van der Waals surface area (Å²) in [5, 5.41) is 3.23. The zero-order valence-corrected chi connectivity index (χ0v) is 9.65. The van der Waals surface area contributed by atoms with Crippen LogP contribution in [-0.4, -0.2) is 30.4 Å². The molecular weight excluding hydrogens is 200 g/mol. The monoisotopic (exact) mass is 218 g/mol. The van der Waals surface area contributed by atoms with Crippen molar-refractivity contribution in [2.75, 3.05) is 13.6 Å². The molecule has 0 spiro atoms. The van der Waals surface area contributed by atoms with Gasteiger partial charge in [-0.05, 0) is 24.9 Å². The summed E-state index contributed by atoms with van der Waals surface area (Å²) >= 11 is 0. The van der Waals surface area contributed by atoms with Crippen molar-refractivity contribution in [1.29, 1.82) is 0 Å². The van der Waals surface area contributed by atoms with Gasteiger partial charge in [-0.3, -0.25) is 4.79 Å². The molecule has 1 atom stereocenters. The smallest absolute Gasteiger partial charge is 0.239 e. The average molecular weight is 218 g/mol. The SMILES string of the molecule is CN(Cc1ccccc1)C(=O)C1CCCN1. The molecule has 1 amide bonds. The zero-order valence-electron chi connectivity index (χ0n) is 9.65. The van der Waals surface area contributed by atoms with Gasteiger partial charge >= 0.3 is 0 Å². The van der Waals surface area contributed by atoms with Crippen LogP contribution in [0.15, 0.2) is 30.3 Å². The van der Waals surface area contributed by atoms with Crippen molar-refractivity contribution in [3.05, 3.63) is 35.9 Å². The number of hydrogen-bond donors (Lipinski definition) is 1. The van der Waals surface area contributed by atoms with Gasteiger partial charge in [0.2, 0.25) is 5.91 Å². The van der Waals surface area contributed by atoms with Crippen LogP contribution in [0.1, 0.15) is 18.4 Å². The van der Waals surface area contributed by atoms with Crippen molar-refractivity contribution >= 4 is 5.91 Å². The lowest BCUT2D eigenvalue weighted by atomic mass is 10.1. The van der Waals surface area contributed by atoms with E-state index in [9.17, 15) is 4.79 Å². The minimum Gasteiger partial charge on any atom is -0.340 e. The number of likely N-dealkylation sites (N-methyl/N-ethyl adjacent to an activating group) is 1. The molecule has 16 heavy (non-hydrogen) atoms. The average Bonchev–Trinajstić information content (AvgIpc) is 2.83. The van der Waals surface area contributed by atoms with Crippen LogP contribution in [0, 0.1) is 0 Å². The van der Waals surface area contributed by atoms with E-state index >= 15 is 0 Å². The lowest BCUT2D eigenvalue weighted by Gasteiger charge is -2.21. The third kappa shape index (κ3) is 2.61. The second-order valence-electron chi connectivity index (χ2n) is 4.33. The highest BCUT2D eigenvalue weighted by atomic mass is 16.2. The summed E-state index contributed by atoms with van der Waals surface area (Å²) in [5.74, 6) is 0.210. The van der Waals surface area contributed by atoms with Crippen LogP contribution in [0.5, 0.6) is 0 Å². The first kappa shape index (κ1) is 11.1. The summed E-state index contributed by atoms with van der Waals surface area (Å²) in [6.07, 6.45) is 2.08. The maximum absolute atomic E-state index is 12.0. The Labute approximate surface area is 96.5 Å². The molecule has 0 radical (unpaired) electrons. The fourth-order valence-corrected chi connectivity index (χ4v) is 2.10. The molecule has 3 heteroatoms. The predicted octanol–water partition coefficient (Wildman–Crippen LogP) is 1.40. The van der Waals surface area contributed by atoms with Gasteiger partial charge in [0.25, 0.3) is 0 Å². The van der Waals surface area contributed by atoms with Crippen molar-refractivity contribution in [3.8, 4) is 0 Å². The number of carbonyl (C=O) groups excluding carboxylic acids is 1. The third-order valence-corrected chi connectivity index (χ3v) is 3.00. The van der Waals surface area contributed by atoms with Gasteiger partial charge in [-0.25, -0.2) is 0 Å². The fraction of sp³-hybridized carbons (Fsp3) is 0.462. The minimum atomic E-state index is 0.0358. The molecule has 1 aromatic carbocycles. The molecule has 3 nitrogen and oxygen atoms in total. The van der Waals surface area contributed by atoms with Gasteiger partial charge in [-0.2, -0.15) is 0 Å². The minimum absolute atomic E-state index is 0.0358. The number of benzene rings is 1. The van der Waals surface area contributed by atoms with E-state index in [1.165, 1.54) is 5.56 Å². The summed E-state index contributed by atoms with van der Waals surface area (Å²) in [5.41, 5.74) is 1.18. The molecule has 0 saturated carbocycles. The predicted molar refractivity (Wildman–Crippen MR) is 63.9 cm³/mol. The highest BCUT2D eigenvalue weighted by Gasteiger charge is 2.24. The Morgan fingerprint density at radius 2 is 2.19 bits per heavy atom. The largest absolute Gasteiger partial charge is 0.340 e. The normalized spacial score (nSPS) is 19.7. The van der Waals surface area contributed by atoms with Crippen LogP contribution in [-0.2, 0) is 11.3 Å². The van der Waals surface area contributed by atoms with E-state index in [1.54, 1.807) is 4.90 Å². The van der Waals surface area contributed by atoms with E-state index in [0.29, 0.717) is 6.54 Å². The van der Waals surface area contributed by atoms with Gasteiger partial charge in [-0.1, -0.05) is 30.3 Å². The molecule has 0 bridgehead atoms. The van der Waals surface area contributed by atoms with E-state index in [0.717, 1.165) is 19.4 Å². The molecule has 0 aliphatic carbocycles. The van der Waals surface area contributed by atoms with E-state index in [2.05, 4.69) is 5.32 Å². The van der Waals surface area contributed by atoms with Crippen molar-refractivity contribution in [2.45, 2.75) is 25.4 Å². The molecular formula is C13H18N2O. The van der Waals surface area contributed by atoms with Crippen molar-refractivity contribution in [2.24, 2.45) is 0 Å². The number of nitrogens with zero attached hydrogens (tertiary/aromatic N) is 1. The molecule has 1 unspecified atom stereocenters. The van der Waals surface area contributed by atoms with Gasteiger partial charge in [0.1, 0.15) is 0 Å². The Kier molecular flexibility index (Phi) is 3.57. The summed E-state index contributed by atoms with van der Waals surface area (Å²) in [7, 11) is 1.87. The maximum Gasteiger partial charge on any atom is 0.239 e. The summed E-state index contributed by atoms with van der Waals surface area (Å²) in [6, 6.07) is 10.1. The Hall–Kier alpha value is -1.35. The highest BCUT2D eigenvalue weighted by Crippen LogP contribution is 2.10. The van der Waals surface area contributed by atoms with Crippen LogP contribution in [0.4, 0.5) is 0 Å². The third-order valence-electron chi connectivity index (χ3n) is 3.00. The topological polar surface area (TPSA) is 32.3 Å². The van der Waals surface area contributed by atoms with Crippen molar-refractivity contribution in [3.63, 3.8) is 0 Å². The van der Waals surface area contributed by atoms with Crippen LogP contribution in [0.25, 0.3) is 0 Å². The van der Waals surface area contributed by atoms with Gasteiger partial charge in [0.15, 0.2) is 0 Å². The zero-order chi connectivity index (χ0) is 11.4. The van der Waals surface area contributed by atoms with Crippen LogP contribution in [0.3, 0.4) is 0 Å². The van der Waals surface area contributed by atoms with Gasteiger partial charge in [0.05, 0.1) is 6.04 Å². The standard InChI is InChI=1S/C13H18N2O/c1-15(10-11-6-3-2-4-7-11)13(16)12-8-5-9-14-12/h2-4,6-7,12,14H,5,8-10H2,1H3. The summed E-state index contributed by atoms with van der Waals surface area (Å²) in [4.78, 5) is 13.8. The van der Waals surface area contributed by atoms with E-state index in [-0.39, 0.29) is 11.9 Å². The molecule has 1 aromatic rings. The lowest BCUT2D eigenvalue weighted by molar-refractivity contribution is -0.132. The second-order valence-corrected chi connectivity index (χ2v) is 4.33. The molecule has 1 heterocycles. The van der Waals surface area contributed by atoms with Crippen LogP contribution in [0.2, 0.25) is 0 Å². The van der Waals surface area contributed by atoms with E-state index in [4.69, 9.17) is 0 Å². The molecule has 1 N–H and O–H groups in total. The second kappa shape index (κ2) is 5.12. The molecule has 1 aliphatic rings. The van der Waals surface area contributed by atoms with E-state index < -0.39 is 0 Å². The number of nitrogens with one attached hydrogen (secondary N) is 1. The first-order chi connectivity index (χ1) is 7.77. The molecule has 86 valence electrons. The van der Waals surface area contributed by atoms with Gasteiger partial charge in [0, 0.05) is 13.6 Å². The number of rotatable bonds is 3. The Morgan fingerprint density at radius 3 is 2.81 bits per heavy atom. The lowest BCUT2D eigenvalue weighted by Crippen LogP contribution is -2.41. The maximum atomic E-state index is 12.0. The number of hydrogen-bond acceptors (Lipinski definition) is 2. The molecule has 1 saturated heterocycles. The van der Waals surface area contributed by atoms with Gasteiger partial charge in [-0.15, -0.1) is 0 Å². The number of carbonyl (C=O) groups is 1. The fourth-order valence-electron chi connectivity index (χ4n) is 2.10. The van der Waals surface area contributed by atoms with E-state index in [1.807, 2.05) is 37.4 Å². The summed E-state index contributed by atoms with van der Waals surface area (Å²) < 4.78 is 0. The number of amides is 1. The quantitative estimate of drug-likeness (QED) is 0.831. The van der Waals surface area contributed by atoms with Crippen molar-refractivity contribution < 1.29 is 4.79 Å². The Balaban J connectivity index is 1.92. The summed E-state index contributed by atoms with van der Waals surface area (Å²) in [6.45, 7) is 1.66. The molecule has 0 aromatic heterocycles. The molecule has 1 fully saturated rings. The Morgan fingerprint density at radius 1 is 1.44 bits per heavy atom. The first-order valence-electron chi connectivity index (χ1n) is 5.79. The van der Waals surface area contributed by atoms with Crippen molar-refractivity contribution in [1.82, 2.24) is 10.2 Å². The van der Waals surface area contributed by atoms with Crippen LogP contribution >= 0.6 is 0 Å². The first-order valence-corrected chi connectivity index (χ1v) is 5.79. The van der Waals surface area contributed by atoms with Crippen LogP contribution < -0.4 is 5.32 Å². The Bertz CT molecular complexity index is 344. The molecule has 1 aliphatic heterocycles. The highest BCUT2D eigenvalue weighted by molar-refractivity contribution is 5.81. The molecule has 2 rings (SSSR count).